The van der Waals surface area contributed by atoms with E-state index in [0.717, 1.165) is 41.6 Å². The maximum atomic E-state index is 12.4. The van der Waals surface area contributed by atoms with Crippen molar-refractivity contribution in [3.8, 4) is 0 Å². The Kier molecular flexibility index (Phi) is 5.22. The summed E-state index contributed by atoms with van der Waals surface area (Å²) in [5.74, 6) is -0.273. The Morgan fingerprint density at radius 3 is 2.64 bits per heavy atom. The van der Waals surface area contributed by atoms with Gasteiger partial charge in [0.25, 0.3) is 0 Å². The van der Waals surface area contributed by atoms with Crippen LogP contribution in [-0.4, -0.2) is 38.2 Å². The van der Waals surface area contributed by atoms with Crippen LogP contribution in [-0.2, 0) is 14.8 Å². The van der Waals surface area contributed by atoms with Gasteiger partial charge in [-0.05, 0) is 25.0 Å². The van der Waals surface area contributed by atoms with Gasteiger partial charge in [0.1, 0.15) is 6.54 Å². The van der Waals surface area contributed by atoms with E-state index >= 15 is 0 Å². The van der Waals surface area contributed by atoms with Crippen molar-refractivity contribution < 1.29 is 13.2 Å². The number of anilines is 1. The molecule has 1 aromatic heterocycles. The van der Waals surface area contributed by atoms with E-state index in [2.05, 4.69) is 10.3 Å². The fourth-order valence-electron chi connectivity index (χ4n) is 3.32. The molecule has 1 aliphatic rings. The first-order valence-corrected chi connectivity index (χ1v) is 10.4. The first-order chi connectivity index (χ1) is 11.9. The molecule has 2 aromatic rings. The number of nitrogens with one attached hydrogen (secondary N) is 1. The van der Waals surface area contributed by atoms with Crippen LogP contribution in [0, 0.1) is 0 Å². The molecule has 0 saturated heterocycles. The van der Waals surface area contributed by atoms with Crippen molar-refractivity contribution in [3.63, 3.8) is 0 Å². The molecule has 0 spiro atoms. The van der Waals surface area contributed by atoms with E-state index in [1.807, 2.05) is 12.1 Å². The normalized spacial score (nSPS) is 15.9. The van der Waals surface area contributed by atoms with Gasteiger partial charge in [0, 0.05) is 17.6 Å². The summed E-state index contributed by atoms with van der Waals surface area (Å²) in [6, 6.07) is 9.14. The minimum atomic E-state index is -3.61. The van der Waals surface area contributed by atoms with Crippen LogP contribution in [0.15, 0.2) is 36.5 Å². The van der Waals surface area contributed by atoms with E-state index in [4.69, 9.17) is 0 Å². The molecule has 0 atom stereocenters. The van der Waals surface area contributed by atoms with E-state index in [0.29, 0.717) is 11.2 Å². The predicted molar refractivity (Wildman–Crippen MR) is 98.9 cm³/mol. The first-order valence-electron chi connectivity index (χ1n) is 8.56. The van der Waals surface area contributed by atoms with Crippen LogP contribution in [0.1, 0.15) is 32.1 Å². The summed E-state index contributed by atoms with van der Waals surface area (Å²) in [5.41, 5.74) is 1.00. The SMILES string of the molecule is CS(=O)(=O)N(CC(=O)NC1CCCCC1)c1cccc2cccnc12. The molecule has 134 valence electrons. The van der Waals surface area contributed by atoms with Crippen molar-refractivity contribution in [3.05, 3.63) is 36.5 Å². The zero-order chi connectivity index (χ0) is 17.9. The smallest absolute Gasteiger partial charge is 0.240 e. The Bertz CT molecular complexity index is 856. The van der Waals surface area contributed by atoms with Gasteiger partial charge in [-0.15, -0.1) is 0 Å². The number of amides is 1. The number of nitrogens with zero attached hydrogens (tertiary/aromatic N) is 2. The highest BCUT2D eigenvalue weighted by molar-refractivity contribution is 7.92. The van der Waals surface area contributed by atoms with Gasteiger partial charge in [0.2, 0.25) is 15.9 Å². The lowest BCUT2D eigenvalue weighted by Crippen LogP contribution is -2.44. The zero-order valence-corrected chi connectivity index (χ0v) is 15.1. The van der Waals surface area contributed by atoms with Gasteiger partial charge in [0.05, 0.1) is 17.5 Å². The van der Waals surface area contributed by atoms with Crippen molar-refractivity contribution in [2.75, 3.05) is 17.1 Å². The second-order valence-electron chi connectivity index (χ2n) is 6.52. The van der Waals surface area contributed by atoms with Gasteiger partial charge in [0.15, 0.2) is 0 Å². The topological polar surface area (TPSA) is 79.4 Å². The summed E-state index contributed by atoms with van der Waals surface area (Å²) in [7, 11) is -3.61. The number of rotatable bonds is 5. The average Bonchev–Trinajstić information content (AvgIpc) is 2.59. The summed E-state index contributed by atoms with van der Waals surface area (Å²) in [6.45, 7) is -0.231. The third-order valence-electron chi connectivity index (χ3n) is 4.54. The maximum Gasteiger partial charge on any atom is 0.240 e. The van der Waals surface area contributed by atoms with Gasteiger partial charge < -0.3 is 5.32 Å². The molecule has 1 saturated carbocycles. The van der Waals surface area contributed by atoms with Gasteiger partial charge in [-0.3, -0.25) is 14.1 Å². The predicted octanol–water partition coefficient (Wildman–Crippen LogP) is 2.45. The summed E-state index contributed by atoms with van der Waals surface area (Å²) < 4.78 is 25.8. The van der Waals surface area contributed by atoms with E-state index in [1.165, 1.54) is 6.42 Å². The monoisotopic (exact) mass is 361 g/mol. The Balaban J connectivity index is 1.86. The van der Waals surface area contributed by atoms with Crippen LogP contribution < -0.4 is 9.62 Å². The maximum absolute atomic E-state index is 12.4. The fraction of sp³-hybridized carbons (Fsp3) is 0.444. The molecule has 0 aliphatic heterocycles. The number of hydrogen-bond acceptors (Lipinski definition) is 4. The van der Waals surface area contributed by atoms with E-state index in [1.54, 1.807) is 24.4 Å². The van der Waals surface area contributed by atoms with Crippen molar-refractivity contribution in [1.29, 1.82) is 0 Å². The molecule has 3 rings (SSSR count). The molecule has 1 fully saturated rings. The molecule has 0 radical (unpaired) electrons. The van der Waals surface area contributed by atoms with E-state index in [9.17, 15) is 13.2 Å². The number of aromatic nitrogens is 1. The molecular formula is C18H23N3O3S. The molecule has 1 aromatic carbocycles. The van der Waals surface area contributed by atoms with Gasteiger partial charge in [-0.1, -0.05) is 37.5 Å². The third kappa shape index (κ3) is 4.28. The highest BCUT2D eigenvalue weighted by atomic mass is 32.2. The Labute approximate surface area is 148 Å². The highest BCUT2D eigenvalue weighted by Crippen LogP contribution is 2.26. The lowest BCUT2D eigenvalue weighted by Gasteiger charge is -2.26. The number of carbonyl (C=O) groups is 1. The molecule has 1 aliphatic carbocycles. The van der Waals surface area contributed by atoms with Crippen molar-refractivity contribution in [2.45, 2.75) is 38.1 Å². The minimum absolute atomic E-state index is 0.147. The molecule has 1 heterocycles. The zero-order valence-electron chi connectivity index (χ0n) is 14.3. The van der Waals surface area contributed by atoms with Crippen LogP contribution in [0.4, 0.5) is 5.69 Å². The van der Waals surface area contributed by atoms with Gasteiger partial charge in [-0.25, -0.2) is 8.42 Å². The van der Waals surface area contributed by atoms with Crippen LogP contribution >= 0.6 is 0 Å². The third-order valence-corrected chi connectivity index (χ3v) is 5.66. The second-order valence-corrected chi connectivity index (χ2v) is 8.43. The van der Waals surface area contributed by atoms with E-state index < -0.39 is 10.0 Å². The number of benzene rings is 1. The molecule has 25 heavy (non-hydrogen) atoms. The Morgan fingerprint density at radius 1 is 1.20 bits per heavy atom. The summed E-state index contributed by atoms with van der Waals surface area (Å²) in [6.07, 6.45) is 8.06. The number of para-hydroxylation sites is 1. The Hall–Kier alpha value is -2.15. The molecule has 1 amide bonds. The molecular weight excluding hydrogens is 338 g/mol. The number of sulfonamides is 1. The Morgan fingerprint density at radius 2 is 1.92 bits per heavy atom. The van der Waals surface area contributed by atoms with Crippen LogP contribution in [0.5, 0.6) is 0 Å². The summed E-state index contributed by atoms with van der Waals surface area (Å²) in [5, 5.41) is 3.81. The fourth-order valence-corrected chi connectivity index (χ4v) is 4.18. The molecule has 1 N–H and O–H groups in total. The van der Waals surface area contributed by atoms with Crippen LogP contribution in [0.2, 0.25) is 0 Å². The number of carbonyl (C=O) groups excluding carboxylic acids is 1. The number of hydrogen-bond donors (Lipinski definition) is 1. The second kappa shape index (κ2) is 7.39. The lowest BCUT2D eigenvalue weighted by molar-refractivity contribution is -0.120. The average molecular weight is 361 g/mol. The van der Waals surface area contributed by atoms with Crippen LogP contribution in [0.25, 0.3) is 10.9 Å². The van der Waals surface area contributed by atoms with Crippen molar-refractivity contribution in [1.82, 2.24) is 10.3 Å². The molecule has 0 unspecified atom stereocenters. The molecule has 6 nitrogen and oxygen atoms in total. The largest absolute Gasteiger partial charge is 0.352 e. The molecule has 7 heteroatoms. The standard InChI is InChI=1S/C18H23N3O3S/c1-25(23,24)21(13-17(22)20-15-9-3-2-4-10-15)16-11-5-7-14-8-6-12-19-18(14)16/h5-8,11-12,15H,2-4,9-10,13H2,1H3,(H,20,22). The minimum Gasteiger partial charge on any atom is -0.352 e. The van der Waals surface area contributed by atoms with Crippen LogP contribution in [0.3, 0.4) is 0 Å². The highest BCUT2D eigenvalue weighted by Gasteiger charge is 2.24. The van der Waals surface area contributed by atoms with Crippen molar-refractivity contribution in [2.24, 2.45) is 0 Å². The summed E-state index contributed by atoms with van der Waals surface area (Å²) >= 11 is 0. The van der Waals surface area contributed by atoms with Gasteiger partial charge in [-0.2, -0.15) is 0 Å². The number of pyridine rings is 1. The van der Waals surface area contributed by atoms with Crippen molar-refractivity contribution >= 4 is 32.5 Å². The quantitative estimate of drug-likeness (QED) is 0.887. The number of fused-ring (bicyclic) bond motifs is 1. The van der Waals surface area contributed by atoms with E-state index in [-0.39, 0.29) is 18.5 Å². The molecule has 0 bridgehead atoms. The van der Waals surface area contributed by atoms with Gasteiger partial charge >= 0.3 is 0 Å². The summed E-state index contributed by atoms with van der Waals surface area (Å²) in [4.78, 5) is 16.7. The first kappa shape index (κ1) is 17.7. The lowest BCUT2D eigenvalue weighted by atomic mass is 9.95.